The largest absolute Gasteiger partial charge is 0.494 e. The first-order chi connectivity index (χ1) is 10.3. The topological polar surface area (TPSA) is 21.3 Å². The van der Waals surface area contributed by atoms with Crippen molar-refractivity contribution in [3.05, 3.63) is 64.6 Å². The summed E-state index contributed by atoms with van der Waals surface area (Å²) < 4.78 is 6.85. The van der Waals surface area contributed by atoms with Gasteiger partial charge in [-0.05, 0) is 49.2 Å². The fourth-order valence-electron chi connectivity index (χ4n) is 2.33. The summed E-state index contributed by atoms with van der Waals surface area (Å²) in [5, 5.41) is 3.54. The highest BCUT2D eigenvalue weighted by Crippen LogP contribution is 2.19. The molecule has 0 aromatic heterocycles. The summed E-state index contributed by atoms with van der Waals surface area (Å²) in [6, 6.07) is 19.0. The molecule has 0 spiro atoms. The number of halogens is 1. The van der Waals surface area contributed by atoms with Gasteiger partial charge in [0.05, 0.1) is 6.61 Å². The van der Waals surface area contributed by atoms with E-state index in [0.29, 0.717) is 6.04 Å². The molecule has 0 heterocycles. The first-order valence-corrected chi connectivity index (χ1v) is 8.25. The summed E-state index contributed by atoms with van der Waals surface area (Å²) in [6.07, 6.45) is 2.11. The summed E-state index contributed by atoms with van der Waals surface area (Å²) in [4.78, 5) is 0. The lowest BCUT2D eigenvalue weighted by molar-refractivity contribution is 0.296. The van der Waals surface area contributed by atoms with Crippen LogP contribution in [0.15, 0.2) is 59.1 Å². The summed E-state index contributed by atoms with van der Waals surface area (Å²) in [7, 11) is 0. The number of nitrogens with one attached hydrogen (secondary N) is 1. The molecule has 0 bridgehead atoms. The van der Waals surface area contributed by atoms with Crippen molar-refractivity contribution in [2.45, 2.75) is 25.8 Å². The fraction of sp³-hybridized carbons (Fsp3) is 0.333. The van der Waals surface area contributed by atoms with Crippen LogP contribution in [0.25, 0.3) is 0 Å². The Bertz CT molecular complexity index is 513. The van der Waals surface area contributed by atoms with E-state index in [2.05, 4.69) is 58.5 Å². The molecule has 1 N–H and O–H groups in total. The molecule has 0 amide bonds. The molecule has 0 saturated carbocycles. The van der Waals surface area contributed by atoms with E-state index in [9.17, 15) is 0 Å². The third kappa shape index (κ3) is 5.52. The lowest BCUT2D eigenvalue weighted by Gasteiger charge is -2.18. The number of hydrogen-bond acceptors (Lipinski definition) is 2. The lowest BCUT2D eigenvalue weighted by Crippen LogP contribution is -2.21. The van der Waals surface area contributed by atoms with Crippen LogP contribution in [0.4, 0.5) is 0 Å². The SMILES string of the molecule is CCNC(CCCOc1ccc(Br)cc1)c1ccccc1. The van der Waals surface area contributed by atoms with Crippen LogP contribution in [0.5, 0.6) is 5.75 Å². The first kappa shape index (κ1) is 16.1. The van der Waals surface area contributed by atoms with Gasteiger partial charge in [-0.3, -0.25) is 0 Å². The minimum atomic E-state index is 0.407. The highest BCUT2D eigenvalue weighted by atomic mass is 79.9. The predicted molar refractivity (Wildman–Crippen MR) is 91.7 cm³/mol. The van der Waals surface area contributed by atoms with E-state index in [1.165, 1.54) is 5.56 Å². The maximum Gasteiger partial charge on any atom is 0.119 e. The average molecular weight is 348 g/mol. The van der Waals surface area contributed by atoms with Gasteiger partial charge in [0.2, 0.25) is 0 Å². The van der Waals surface area contributed by atoms with Gasteiger partial charge in [0.1, 0.15) is 5.75 Å². The zero-order valence-corrected chi connectivity index (χ0v) is 14.0. The number of benzene rings is 2. The summed E-state index contributed by atoms with van der Waals surface area (Å²) in [5.74, 6) is 0.929. The second kappa shape index (κ2) is 8.85. The summed E-state index contributed by atoms with van der Waals surface area (Å²) in [6.45, 7) is 3.87. The monoisotopic (exact) mass is 347 g/mol. The van der Waals surface area contributed by atoms with E-state index < -0.39 is 0 Å². The quantitative estimate of drug-likeness (QED) is 0.681. The molecule has 0 aliphatic heterocycles. The van der Waals surface area contributed by atoms with Gasteiger partial charge in [0.25, 0.3) is 0 Å². The number of rotatable bonds is 8. The van der Waals surface area contributed by atoms with Gasteiger partial charge in [-0.2, -0.15) is 0 Å². The summed E-state index contributed by atoms with van der Waals surface area (Å²) in [5.41, 5.74) is 1.35. The van der Waals surface area contributed by atoms with E-state index >= 15 is 0 Å². The highest BCUT2D eigenvalue weighted by molar-refractivity contribution is 9.10. The number of hydrogen-bond donors (Lipinski definition) is 1. The second-order valence-corrected chi connectivity index (χ2v) is 5.88. The second-order valence-electron chi connectivity index (χ2n) is 4.97. The third-order valence-electron chi connectivity index (χ3n) is 3.37. The fourth-order valence-corrected chi connectivity index (χ4v) is 2.59. The lowest BCUT2D eigenvalue weighted by atomic mass is 10.0. The maximum absolute atomic E-state index is 5.78. The molecule has 2 aromatic carbocycles. The minimum Gasteiger partial charge on any atom is -0.494 e. The predicted octanol–water partition coefficient (Wildman–Crippen LogP) is 4.96. The molecule has 2 aromatic rings. The van der Waals surface area contributed by atoms with Crippen molar-refractivity contribution in [3.63, 3.8) is 0 Å². The molecule has 21 heavy (non-hydrogen) atoms. The van der Waals surface area contributed by atoms with E-state index in [4.69, 9.17) is 4.74 Å². The van der Waals surface area contributed by atoms with Crippen LogP contribution >= 0.6 is 15.9 Å². The van der Waals surface area contributed by atoms with Crippen LogP contribution in [-0.2, 0) is 0 Å². The van der Waals surface area contributed by atoms with Gasteiger partial charge in [-0.25, -0.2) is 0 Å². The average Bonchev–Trinajstić information content (AvgIpc) is 2.53. The molecule has 0 aliphatic carbocycles. The van der Waals surface area contributed by atoms with Crippen molar-refractivity contribution in [2.24, 2.45) is 0 Å². The smallest absolute Gasteiger partial charge is 0.119 e. The molecule has 1 unspecified atom stereocenters. The Kier molecular flexibility index (Phi) is 6.77. The summed E-state index contributed by atoms with van der Waals surface area (Å²) >= 11 is 3.43. The van der Waals surface area contributed by atoms with Crippen LogP contribution < -0.4 is 10.1 Å². The van der Waals surface area contributed by atoms with Crippen molar-refractivity contribution >= 4 is 15.9 Å². The molecular formula is C18H22BrNO. The van der Waals surface area contributed by atoms with E-state index in [-0.39, 0.29) is 0 Å². The Morgan fingerprint density at radius 1 is 1.05 bits per heavy atom. The van der Waals surface area contributed by atoms with Crippen molar-refractivity contribution in [1.82, 2.24) is 5.32 Å². The van der Waals surface area contributed by atoms with Gasteiger partial charge in [-0.1, -0.05) is 53.2 Å². The Hall–Kier alpha value is -1.32. The molecule has 1 atom stereocenters. The van der Waals surface area contributed by atoms with Crippen LogP contribution in [0.1, 0.15) is 31.4 Å². The van der Waals surface area contributed by atoms with Crippen molar-refractivity contribution in [3.8, 4) is 5.75 Å². The minimum absolute atomic E-state index is 0.407. The number of ether oxygens (including phenoxy) is 1. The normalized spacial score (nSPS) is 12.1. The van der Waals surface area contributed by atoms with Gasteiger partial charge in [-0.15, -0.1) is 0 Å². The molecule has 0 saturated heterocycles. The maximum atomic E-state index is 5.78. The Balaban J connectivity index is 1.78. The Morgan fingerprint density at radius 3 is 2.43 bits per heavy atom. The van der Waals surface area contributed by atoms with Crippen molar-refractivity contribution in [2.75, 3.05) is 13.2 Å². The molecular weight excluding hydrogens is 326 g/mol. The van der Waals surface area contributed by atoms with E-state index in [0.717, 1.165) is 36.2 Å². The van der Waals surface area contributed by atoms with Crippen LogP contribution in [-0.4, -0.2) is 13.2 Å². The zero-order chi connectivity index (χ0) is 14.9. The zero-order valence-electron chi connectivity index (χ0n) is 12.4. The third-order valence-corrected chi connectivity index (χ3v) is 3.90. The molecule has 0 aliphatic rings. The van der Waals surface area contributed by atoms with Crippen LogP contribution in [0, 0.1) is 0 Å². The van der Waals surface area contributed by atoms with Crippen molar-refractivity contribution in [1.29, 1.82) is 0 Å². The highest BCUT2D eigenvalue weighted by Gasteiger charge is 2.09. The molecule has 0 radical (unpaired) electrons. The van der Waals surface area contributed by atoms with E-state index in [1.807, 2.05) is 24.3 Å². The van der Waals surface area contributed by atoms with E-state index in [1.54, 1.807) is 0 Å². The van der Waals surface area contributed by atoms with Crippen LogP contribution in [0.3, 0.4) is 0 Å². The molecule has 0 fully saturated rings. The van der Waals surface area contributed by atoms with Crippen molar-refractivity contribution < 1.29 is 4.74 Å². The van der Waals surface area contributed by atoms with Gasteiger partial charge in [0.15, 0.2) is 0 Å². The standard InChI is InChI=1S/C18H22BrNO/c1-2-20-18(15-7-4-3-5-8-15)9-6-14-21-17-12-10-16(19)11-13-17/h3-5,7-8,10-13,18,20H,2,6,9,14H2,1H3. The van der Waals surface area contributed by atoms with Gasteiger partial charge < -0.3 is 10.1 Å². The van der Waals surface area contributed by atoms with Gasteiger partial charge in [0, 0.05) is 10.5 Å². The first-order valence-electron chi connectivity index (χ1n) is 7.46. The molecule has 112 valence electrons. The molecule has 2 nitrogen and oxygen atoms in total. The van der Waals surface area contributed by atoms with Gasteiger partial charge >= 0.3 is 0 Å². The van der Waals surface area contributed by atoms with Crippen LogP contribution in [0.2, 0.25) is 0 Å². The molecule has 2 rings (SSSR count). The Labute approximate surface area is 135 Å². The molecule has 3 heteroatoms. The Morgan fingerprint density at radius 2 is 1.76 bits per heavy atom.